The van der Waals surface area contributed by atoms with Crippen molar-refractivity contribution in [2.45, 2.75) is 20.8 Å². The highest BCUT2D eigenvalue weighted by Gasteiger charge is 2.00. The normalized spacial score (nSPS) is 12.3. The lowest BCUT2D eigenvalue weighted by atomic mass is 10.2. The number of hydrogen-bond donors (Lipinski definition) is 0. The van der Waals surface area contributed by atoms with Crippen LogP contribution >= 0.6 is 0 Å². The molecule has 0 radical (unpaired) electrons. The fourth-order valence-corrected chi connectivity index (χ4v) is 0.710. The van der Waals surface area contributed by atoms with E-state index in [2.05, 4.69) is 13.8 Å². The summed E-state index contributed by atoms with van der Waals surface area (Å²) in [5.74, 6) is 1.43. The predicted molar refractivity (Wildman–Crippen MR) is 41.6 cm³/mol. The fraction of sp³-hybridized carbons (Fsp3) is 0.750. The summed E-state index contributed by atoms with van der Waals surface area (Å²) in [6.07, 6.45) is 1.96. The Morgan fingerprint density at radius 1 is 1.50 bits per heavy atom. The average Bonchev–Trinajstić information content (AvgIpc) is 1.89. The predicted octanol–water partition coefficient (Wildman–Crippen LogP) is 2.17. The summed E-state index contributed by atoms with van der Waals surface area (Å²) in [6.45, 7) is 6.48. The lowest BCUT2D eigenvalue weighted by Gasteiger charge is -2.11. The van der Waals surface area contributed by atoms with Gasteiger partial charge in [0.15, 0.2) is 6.79 Å². The molecule has 0 spiro atoms. The van der Waals surface area contributed by atoms with E-state index in [-0.39, 0.29) is 0 Å². The van der Waals surface area contributed by atoms with Crippen molar-refractivity contribution in [1.29, 1.82) is 0 Å². The molecule has 10 heavy (non-hydrogen) atoms. The van der Waals surface area contributed by atoms with E-state index in [1.807, 2.05) is 13.0 Å². The SMILES string of the molecule is CC=C(OCOC)C(C)C. The molecule has 0 aromatic carbocycles. The topological polar surface area (TPSA) is 18.5 Å². The van der Waals surface area contributed by atoms with Crippen molar-refractivity contribution in [3.63, 3.8) is 0 Å². The largest absolute Gasteiger partial charge is 0.472 e. The molecule has 0 aliphatic rings. The van der Waals surface area contributed by atoms with Gasteiger partial charge in [0.25, 0.3) is 0 Å². The molecule has 0 amide bonds. The van der Waals surface area contributed by atoms with Crippen molar-refractivity contribution in [1.82, 2.24) is 0 Å². The van der Waals surface area contributed by atoms with Crippen LogP contribution in [0.1, 0.15) is 20.8 Å². The van der Waals surface area contributed by atoms with Crippen molar-refractivity contribution in [2.24, 2.45) is 5.92 Å². The molecular formula is C8H16O2. The van der Waals surface area contributed by atoms with Crippen LogP contribution in [0.3, 0.4) is 0 Å². The highest BCUT2D eigenvalue weighted by molar-refractivity contribution is 4.92. The minimum atomic E-state index is 0.345. The van der Waals surface area contributed by atoms with Crippen LogP contribution in [0.25, 0.3) is 0 Å². The van der Waals surface area contributed by atoms with Gasteiger partial charge in [0.05, 0.1) is 5.76 Å². The molecule has 0 rings (SSSR count). The molecule has 60 valence electrons. The van der Waals surface area contributed by atoms with Crippen LogP contribution in [0.5, 0.6) is 0 Å². The first kappa shape index (κ1) is 9.50. The van der Waals surface area contributed by atoms with Crippen LogP contribution in [-0.4, -0.2) is 13.9 Å². The van der Waals surface area contributed by atoms with Crippen molar-refractivity contribution < 1.29 is 9.47 Å². The fourth-order valence-electron chi connectivity index (χ4n) is 0.710. The summed E-state index contributed by atoms with van der Waals surface area (Å²) in [5, 5.41) is 0. The van der Waals surface area contributed by atoms with E-state index in [1.165, 1.54) is 0 Å². The lowest BCUT2D eigenvalue weighted by molar-refractivity contribution is -0.00311. The Balaban J connectivity index is 3.63. The molecular weight excluding hydrogens is 128 g/mol. The maximum atomic E-state index is 5.24. The number of allylic oxidation sites excluding steroid dienone is 2. The second-order valence-corrected chi connectivity index (χ2v) is 2.40. The van der Waals surface area contributed by atoms with Gasteiger partial charge in [-0.2, -0.15) is 0 Å². The summed E-state index contributed by atoms with van der Waals surface area (Å²) in [6, 6.07) is 0. The molecule has 2 nitrogen and oxygen atoms in total. The van der Waals surface area contributed by atoms with Gasteiger partial charge in [0, 0.05) is 13.0 Å². The van der Waals surface area contributed by atoms with Gasteiger partial charge in [-0.05, 0) is 13.0 Å². The summed E-state index contributed by atoms with van der Waals surface area (Å²) < 4.78 is 10.0. The third-order valence-corrected chi connectivity index (χ3v) is 1.20. The highest BCUT2D eigenvalue weighted by Crippen LogP contribution is 2.09. The van der Waals surface area contributed by atoms with Crippen LogP contribution in [-0.2, 0) is 9.47 Å². The Hall–Kier alpha value is -0.500. The summed E-state index contributed by atoms with van der Waals surface area (Å²) in [4.78, 5) is 0. The second kappa shape index (κ2) is 5.30. The number of ether oxygens (including phenoxy) is 2. The summed E-state index contributed by atoms with van der Waals surface area (Å²) in [5.41, 5.74) is 0. The maximum absolute atomic E-state index is 5.24. The Morgan fingerprint density at radius 2 is 2.10 bits per heavy atom. The Bertz CT molecular complexity index is 106. The van der Waals surface area contributed by atoms with Gasteiger partial charge in [0.2, 0.25) is 0 Å². The molecule has 0 aromatic rings. The van der Waals surface area contributed by atoms with E-state index in [0.29, 0.717) is 12.7 Å². The van der Waals surface area contributed by atoms with Crippen LogP contribution < -0.4 is 0 Å². The standard InChI is InChI=1S/C8H16O2/c1-5-8(7(2)3)10-6-9-4/h5,7H,6H2,1-4H3. The van der Waals surface area contributed by atoms with E-state index in [4.69, 9.17) is 9.47 Å². The molecule has 0 bridgehead atoms. The zero-order valence-corrected chi connectivity index (χ0v) is 7.18. The van der Waals surface area contributed by atoms with Gasteiger partial charge in [-0.15, -0.1) is 0 Å². The molecule has 0 atom stereocenters. The van der Waals surface area contributed by atoms with Crippen molar-refractivity contribution in [2.75, 3.05) is 13.9 Å². The molecule has 0 N–H and O–H groups in total. The smallest absolute Gasteiger partial charge is 0.188 e. The van der Waals surface area contributed by atoms with Gasteiger partial charge in [-0.1, -0.05) is 13.8 Å². The molecule has 0 fully saturated rings. The van der Waals surface area contributed by atoms with Crippen LogP contribution in [0.15, 0.2) is 11.8 Å². The van der Waals surface area contributed by atoms with Crippen molar-refractivity contribution in [3.8, 4) is 0 Å². The third kappa shape index (κ3) is 3.51. The lowest BCUT2D eigenvalue weighted by Crippen LogP contribution is -2.02. The van der Waals surface area contributed by atoms with E-state index >= 15 is 0 Å². The van der Waals surface area contributed by atoms with Crippen LogP contribution in [0, 0.1) is 5.92 Å². The summed E-state index contributed by atoms with van der Waals surface area (Å²) >= 11 is 0. The summed E-state index contributed by atoms with van der Waals surface area (Å²) in [7, 11) is 1.62. The molecule has 0 saturated heterocycles. The molecule has 2 heteroatoms. The molecule has 0 aromatic heterocycles. The molecule has 0 aliphatic carbocycles. The quantitative estimate of drug-likeness (QED) is 0.444. The van der Waals surface area contributed by atoms with Crippen molar-refractivity contribution >= 4 is 0 Å². The number of rotatable bonds is 4. The molecule has 0 unspecified atom stereocenters. The van der Waals surface area contributed by atoms with Gasteiger partial charge in [-0.25, -0.2) is 0 Å². The average molecular weight is 144 g/mol. The van der Waals surface area contributed by atoms with Crippen LogP contribution in [0.4, 0.5) is 0 Å². The van der Waals surface area contributed by atoms with Crippen LogP contribution in [0.2, 0.25) is 0 Å². The van der Waals surface area contributed by atoms with Gasteiger partial charge < -0.3 is 9.47 Å². The van der Waals surface area contributed by atoms with E-state index in [1.54, 1.807) is 7.11 Å². The zero-order chi connectivity index (χ0) is 7.98. The molecule has 0 saturated carbocycles. The Labute approximate surface area is 62.8 Å². The van der Waals surface area contributed by atoms with E-state index in [0.717, 1.165) is 5.76 Å². The first-order valence-corrected chi connectivity index (χ1v) is 3.50. The van der Waals surface area contributed by atoms with Gasteiger partial charge in [0.1, 0.15) is 0 Å². The van der Waals surface area contributed by atoms with Crippen molar-refractivity contribution in [3.05, 3.63) is 11.8 Å². The third-order valence-electron chi connectivity index (χ3n) is 1.20. The Morgan fingerprint density at radius 3 is 2.40 bits per heavy atom. The second-order valence-electron chi connectivity index (χ2n) is 2.40. The minimum Gasteiger partial charge on any atom is -0.472 e. The maximum Gasteiger partial charge on any atom is 0.188 e. The molecule has 0 aliphatic heterocycles. The van der Waals surface area contributed by atoms with E-state index in [9.17, 15) is 0 Å². The number of hydrogen-bond acceptors (Lipinski definition) is 2. The highest BCUT2D eigenvalue weighted by atomic mass is 16.7. The monoisotopic (exact) mass is 144 g/mol. The first-order chi connectivity index (χ1) is 4.72. The Kier molecular flexibility index (Phi) is 5.03. The van der Waals surface area contributed by atoms with Gasteiger partial charge in [-0.3, -0.25) is 0 Å². The zero-order valence-electron chi connectivity index (χ0n) is 7.18. The number of methoxy groups -OCH3 is 1. The van der Waals surface area contributed by atoms with Gasteiger partial charge >= 0.3 is 0 Å². The molecule has 0 heterocycles. The van der Waals surface area contributed by atoms with E-state index < -0.39 is 0 Å². The first-order valence-electron chi connectivity index (χ1n) is 3.50. The minimum absolute atomic E-state index is 0.345.